The van der Waals surface area contributed by atoms with Gasteiger partial charge in [-0.25, -0.2) is 10.3 Å². The van der Waals surface area contributed by atoms with Crippen molar-refractivity contribution in [1.29, 1.82) is 5.53 Å². The first-order valence-corrected chi connectivity index (χ1v) is 5.52. The van der Waals surface area contributed by atoms with E-state index in [1.54, 1.807) is 19.2 Å². The van der Waals surface area contributed by atoms with Gasteiger partial charge in [-0.05, 0) is 30.9 Å². The summed E-state index contributed by atoms with van der Waals surface area (Å²) in [6.45, 7) is 3.62. The lowest BCUT2D eigenvalue weighted by molar-refractivity contribution is -0.138. The van der Waals surface area contributed by atoms with Crippen LogP contribution in [0.5, 0.6) is 0 Å². The Morgan fingerprint density at radius 2 is 2.38 bits per heavy atom. The van der Waals surface area contributed by atoms with Crippen molar-refractivity contribution in [2.24, 2.45) is 5.11 Å². The Kier molecular flexibility index (Phi) is 4.19. The predicted molar refractivity (Wildman–Crippen MR) is 60.4 cm³/mol. The molecule has 0 saturated heterocycles. The number of nitrogens with one attached hydrogen (secondary N) is 1. The van der Waals surface area contributed by atoms with Crippen molar-refractivity contribution in [2.75, 3.05) is 6.61 Å². The van der Waals surface area contributed by atoms with Crippen LogP contribution in [-0.4, -0.2) is 17.7 Å². The molecule has 0 unspecified atom stereocenters. The van der Waals surface area contributed by atoms with Crippen molar-refractivity contribution < 1.29 is 14.6 Å². The zero-order valence-electron chi connectivity index (χ0n) is 8.98. The quantitative estimate of drug-likeness (QED) is 0.367. The third kappa shape index (κ3) is 2.46. The number of thiophene rings is 1. The Labute approximate surface area is 96.9 Å². The summed E-state index contributed by atoms with van der Waals surface area (Å²) in [5.41, 5.74) is 7.34. The molecular weight excluding hydrogens is 228 g/mol. The van der Waals surface area contributed by atoms with Crippen LogP contribution in [0.1, 0.15) is 17.4 Å². The van der Waals surface area contributed by atoms with E-state index in [4.69, 9.17) is 5.53 Å². The second-order valence-electron chi connectivity index (χ2n) is 2.96. The first-order chi connectivity index (χ1) is 7.61. The van der Waals surface area contributed by atoms with Gasteiger partial charge in [0.2, 0.25) is 5.70 Å². The normalized spacial score (nSPS) is 11.9. The van der Waals surface area contributed by atoms with Gasteiger partial charge in [0, 0.05) is 0 Å². The van der Waals surface area contributed by atoms with E-state index in [1.807, 2.05) is 6.07 Å². The van der Waals surface area contributed by atoms with E-state index in [-0.39, 0.29) is 18.1 Å². The standard InChI is InChI=1S/C10H12N2O3S/c1-3-15-10(14)7(12-11)8(13)9-6(2)4-5-16-9/h4-5,11,13H,3H2,1-2H3. The van der Waals surface area contributed by atoms with Gasteiger partial charge in [-0.15, -0.1) is 16.5 Å². The molecule has 1 rings (SSSR count). The molecule has 0 aliphatic carbocycles. The maximum atomic E-state index is 11.4. The van der Waals surface area contributed by atoms with Crippen LogP contribution in [0, 0.1) is 12.5 Å². The molecule has 0 aromatic carbocycles. The molecule has 0 aliphatic heterocycles. The van der Waals surface area contributed by atoms with Crippen LogP contribution in [0.4, 0.5) is 0 Å². The molecule has 0 atom stereocenters. The molecule has 2 N–H and O–H groups in total. The molecule has 5 nitrogen and oxygen atoms in total. The molecule has 6 heteroatoms. The molecule has 86 valence electrons. The number of carbonyl (C=O) groups excluding carboxylic acids is 1. The summed E-state index contributed by atoms with van der Waals surface area (Å²) in [5.74, 6) is -1.09. The number of rotatable bonds is 4. The molecule has 0 amide bonds. The Morgan fingerprint density at radius 1 is 1.69 bits per heavy atom. The Balaban J connectivity index is 3.14. The third-order valence-electron chi connectivity index (χ3n) is 1.88. The minimum absolute atomic E-state index is 0.175. The van der Waals surface area contributed by atoms with E-state index < -0.39 is 5.97 Å². The molecule has 0 saturated carbocycles. The number of aryl methyl sites for hydroxylation is 1. The minimum Gasteiger partial charge on any atom is -0.504 e. The van der Waals surface area contributed by atoms with E-state index in [1.165, 1.54) is 11.3 Å². The first-order valence-electron chi connectivity index (χ1n) is 4.64. The van der Waals surface area contributed by atoms with Crippen LogP contribution in [0.3, 0.4) is 0 Å². The van der Waals surface area contributed by atoms with Gasteiger partial charge in [0.15, 0.2) is 5.76 Å². The van der Waals surface area contributed by atoms with E-state index in [0.29, 0.717) is 4.88 Å². The number of esters is 1. The fourth-order valence-corrected chi connectivity index (χ4v) is 1.99. The molecule has 16 heavy (non-hydrogen) atoms. The fourth-order valence-electron chi connectivity index (χ4n) is 1.12. The summed E-state index contributed by atoms with van der Waals surface area (Å²) >= 11 is 1.28. The average Bonchev–Trinajstić information content (AvgIpc) is 2.65. The lowest BCUT2D eigenvalue weighted by Gasteiger charge is -2.04. The van der Waals surface area contributed by atoms with Crippen LogP contribution in [0.25, 0.3) is 5.76 Å². The summed E-state index contributed by atoms with van der Waals surface area (Å²) in [6, 6.07) is 1.81. The molecule has 1 aromatic heterocycles. The van der Waals surface area contributed by atoms with Gasteiger partial charge in [0.05, 0.1) is 11.5 Å². The molecule has 0 aliphatic rings. The van der Waals surface area contributed by atoms with Crippen LogP contribution < -0.4 is 0 Å². The Bertz CT molecular complexity index is 437. The molecule has 1 heterocycles. The van der Waals surface area contributed by atoms with Crippen molar-refractivity contribution in [3.63, 3.8) is 0 Å². The summed E-state index contributed by atoms with van der Waals surface area (Å²) in [4.78, 5) is 11.9. The maximum absolute atomic E-state index is 11.4. The Morgan fingerprint density at radius 3 is 2.81 bits per heavy atom. The number of hydrogen-bond donors (Lipinski definition) is 2. The zero-order chi connectivity index (χ0) is 12.1. The number of carbonyl (C=O) groups is 1. The van der Waals surface area contributed by atoms with Crippen LogP contribution in [-0.2, 0) is 9.53 Å². The Hall–Kier alpha value is -1.69. The molecule has 0 fully saturated rings. The van der Waals surface area contributed by atoms with Gasteiger partial charge in [-0.1, -0.05) is 0 Å². The van der Waals surface area contributed by atoms with Crippen LogP contribution >= 0.6 is 11.3 Å². The van der Waals surface area contributed by atoms with Crippen molar-refractivity contribution in [3.8, 4) is 0 Å². The fraction of sp³-hybridized carbons (Fsp3) is 0.300. The number of hydrogen-bond acceptors (Lipinski definition) is 6. The number of aliphatic hydroxyl groups is 1. The van der Waals surface area contributed by atoms with Gasteiger partial charge in [-0.3, -0.25) is 0 Å². The lowest BCUT2D eigenvalue weighted by Crippen LogP contribution is -2.08. The number of aliphatic hydroxyl groups excluding tert-OH is 1. The van der Waals surface area contributed by atoms with Crippen molar-refractivity contribution in [2.45, 2.75) is 13.8 Å². The molecule has 0 radical (unpaired) electrons. The zero-order valence-corrected chi connectivity index (χ0v) is 9.80. The van der Waals surface area contributed by atoms with E-state index >= 15 is 0 Å². The van der Waals surface area contributed by atoms with Crippen LogP contribution in [0.15, 0.2) is 22.3 Å². The smallest absolute Gasteiger partial charge is 0.362 e. The van der Waals surface area contributed by atoms with Crippen molar-refractivity contribution in [1.82, 2.24) is 0 Å². The second-order valence-corrected chi connectivity index (χ2v) is 3.88. The van der Waals surface area contributed by atoms with Gasteiger partial charge in [0.1, 0.15) is 0 Å². The van der Waals surface area contributed by atoms with Gasteiger partial charge >= 0.3 is 5.97 Å². The largest absolute Gasteiger partial charge is 0.504 e. The molecule has 0 spiro atoms. The number of nitrogens with zero attached hydrogens (tertiary/aromatic N) is 1. The topological polar surface area (TPSA) is 82.7 Å². The molecular formula is C10H12N2O3S. The summed E-state index contributed by atoms with van der Waals surface area (Å²) in [6.07, 6.45) is 0. The first kappa shape index (κ1) is 12.4. The summed E-state index contributed by atoms with van der Waals surface area (Å²) in [5, 5.41) is 14.6. The monoisotopic (exact) mass is 240 g/mol. The van der Waals surface area contributed by atoms with E-state index in [9.17, 15) is 9.90 Å². The van der Waals surface area contributed by atoms with Crippen molar-refractivity contribution in [3.05, 3.63) is 27.6 Å². The van der Waals surface area contributed by atoms with Gasteiger partial charge < -0.3 is 9.84 Å². The highest BCUT2D eigenvalue weighted by atomic mass is 32.1. The summed E-state index contributed by atoms with van der Waals surface area (Å²) in [7, 11) is 0. The number of ether oxygens (including phenoxy) is 1. The lowest BCUT2D eigenvalue weighted by atomic mass is 10.2. The second kappa shape index (κ2) is 5.41. The predicted octanol–water partition coefficient (Wildman–Crippen LogP) is 2.88. The molecule has 1 aromatic rings. The highest BCUT2D eigenvalue weighted by Gasteiger charge is 2.19. The van der Waals surface area contributed by atoms with Gasteiger partial charge in [-0.2, -0.15) is 0 Å². The van der Waals surface area contributed by atoms with E-state index in [0.717, 1.165) is 5.56 Å². The van der Waals surface area contributed by atoms with Crippen molar-refractivity contribution >= 4 is 23.1 Å². The minimum atomic E-state index is -0.789. The highest BCUT2D eigenvalue weighted by molar-refractivity contribution is 7.11. The van der Waals surface area contributed by atoms with Crippen LogP contribution in [0.2, 0.25) is 0 Å². The summed E-state index contributed by atoms with van der Waals surface area (Å²) < 4.78 is 4.69. The highest BCUT2D eigenvalue weighted by Crippen LogP contribution is 2.26. The van der Waals surface area contributed by atoms with E-state index in [2.05, 4.69) is 9.85 Å². The maximum Gasteiger partial charge on any atom is 0.362 e. The van der Waals surface area contributed by atoms with Gasteiger partial charge in [0.25, 0.3) is 0 Å². The SMILES string of the molecule is CCOC(=O)C(N=N)=C(O)c1sccc1C. The molecule has 0 bridgehead atoms. The average molecular weight is 240 g/mol. The third-order valence-corrected chi connectivity index (χ3v) is 2.91.